The maximum atomic E-state index is 5.12. The first-order valence-electron chi connectivity index (χ1n) is 4.52. The molecule has 0 radical (unpaired) electrons. The molecule has 13 heavy (non-hydrogen) atoms. The first-order chi connectivity index (χ1) is 5.85. The van der Waals surface area contributed by atoms with Crippen molar-refractivity contribution in [3.8, 4) is 0 Å². The maximum absolute atomic E-state index is 5.12. The van der Waals surface area contributed by atoms with Crippen LogP contribution in [0.2, 0.25) is 0 Å². The molecule has 0 aromatic rings. The van der Waals surface area contributed by atoms with Crippen LogP contribution in [0.15, 0.2) is 24.6 Å². The number of ether oxygens (including phenoxy) is 1. The minimum atomic E-state index is 0.0279. The molecule has 1 aliphatic carbocycles. The second-order valence-electron chi connectivity index (χ2n) is 4.36. The Labute approximate surface area is 80.9 Å². The van der Waals surface area contributed by atoms with Crippen molar-refractivity contribution in [2.75, 3.05) is 14.2 Å². The van der Waals surface area contributed by atoms with Crippen molar-refractivity contribution in [2.45, 2.75) is 26.3 Å². The third-order valence-corrected chi connectivity index (χ3v) is 3.44. The van der Waals surface area contributed by atoms with Crippen molar-refractivity contribution < 1.29 is 4.74 Å². The van der Waals surface area contributed by atoms with Gasteiger partial charge in [0.05, 0.1) is 12.6 Å². The first-order valence-corrected chi connectivity index (χ1v) is 4.52. The van der Waals surface area contributed by atoms with Crippen LogP contribution in [0, 0.1) is 5.41 Å². The molecule has 2 heteroatoms. The molecule has 0 aromatic heterocycles. The fourth-order valence-corrected chi connectivity index (χ4v) is 1.60. The van der Waals surface area contributed by atoms with Gasteiger partial charge in [-0.25, -0.2) is 0 Å². The van der Waals surface area contributed by atoms with E-state index in [-0.39, 0.29) is 11.0 Å². The third-order valence-electron chi connectivity index (χ3n) is 3.44. The largest absolute Gasteiger partial charge is 0.483 e. The van der Waals surface area contributed by atoms with Gasteiger partial charge in [0.1, 0.15) is 0 Å². The minimum absolute atomic E-state index is 0.0279. The number of rotatable bonds is 3. The zero-order valence-electron chi connectivity index (χ0n) is 9.22. The minimum Gasteiger partial charge on any atom is -0.483 e. The van der Waals surface area contributed by atoms with Gasteiger partial charge in [-0.2, -0.15) is 0 Å². The predicted octanol–water partition coefficient (Wildman–Crippen LogP) is 2.39. The summed E-state index contributed by atoms with van der Waals surface area (Å²) in [6.45, 7) is 10.5. The molecule has 0 saturated heterocycles. The van der Waals surface area contributed by atoms with E-state index >= 15 is 0 Å². The zero-order valence-corrected chi connectivity index (χ0v) is 9.22. The van der Waals surface area contributed by atoms with Gasteiger partial charge in [-0.15, -0.1) is 0 Å². The molecule has 74 valence electrons. The number of likely N-dealkylation sites (N-methyl/N-ethyl adjacent to an activating group) is 1. The summed E-state index contributed by atoms with van der Waals surface area (Å²) in [7, 11) is 3.66. The molecule has 1 aliphatic rings. The summed E-state index contributed by atoms with van der Waals surface area (Å²) in [4.78, 5) is 2.08. The molecule has 0 aromatic carbocycles. The highest BCUT2D eigenvalue weighted by molar-refractivity contribution is 5.30. The lowest BCUT2D eigenvalue weighted by Gasteiger charge is -2.53. The van der Waals surface area contributed by atoms with Gasteiger partial charge in [-0.05, 0) is 13.5 Å². The van der Waals surface area contributed by atoms with Crippen LogP contribution in [0.3, 0.4) is 0 Å². The van der Waals surface area contributed by atoms with Gasteiger partial charge in [0.15, 0.2) is 5.88 Å². The van der Waals surface area contributed by atoms with Gasteiger partial charge >= 0.3 is 0 Å². The summed E-state index contributed by atoms with van der Waals surface area (Å²) < 4.78 is 5.12. The summed E-state index contributed by atoms with van der Waals surface area (Å²) in [5.41, 5.74) is 0.212. The van der Waals surface area contributed by atoms with Crippen LogP contribution < -0.4 is 0 Å². The van der Waals surface area contributed by atoms with Crippen LogP contribution in [-0.4, -0.2) is 24.6 Å². The van der Waals surface area contributed by atoms with Crippen LogP contribution in [0.5, 0.6) is 0 Å². The Balaban J connectivity index is 2.85. The highest BCUT2D eigenvalue weighted by atomic mass is 16.5. The summed E-state index contributed by atoms with van der Waals surface area (Å²) >= 11 is 0. The molecule has 0 fully saturated rings. The van der Waals surface area contributed by atoms with Gasteiger partial charge in [-0.3, -0.25) is 0 Å². The van der Waals surface area contributed by atoms with E-state index in [2.05, 4.69) is 44.4 Å². The molecule has 1 rings (SSSR count). The SMILES string of the molecule is C=C(OC)N(C)C1(C)C=CC1(C)C. The van der Waals surface area contributed by atoms with Crippen molar-refractivity contribution >= 4 is 0 Å². The molecule has 0 bridgehead atoms. The monoisotopic (exact) mass is 181 g/mol. The van der Waals surface area contributed by atoms with Crippen LogP contribution in [0.25, 0.3) is 0 Å². The van der Waals surface area contributed by atoms with E-state index in [0.717, 1.165) is 0 Å². The molecule has 0 amide bonds. The average molecular weight is 181 g/mol. The average Bonchev–Trinajstić information content (AvgIpc) is 2.12. The molecular formula is C11H19NO. The fourth-order valence-electron chi connectivity index (χ4n) is 1.60. The van der Waals surface area contributed by atoms with E-state index in [1.807, 2.05) is 7.05 Å². The zero-order chi connectivity index (χ0) is 10.3. The third kappa shape index (κ3) is 1.25. The summed E-state index contributed by atoms with van der Waals surface area (Å²) in [6.07, 6.45) is 4.41. The van der Waals surface area contributed by atoms with Crippen molar-refractivity contribution in [2.24, 2.45) is 5.41 Å². The van der Waals surface area contributed by atoms with Gasteiger partial charge in [-0.1, -0.05) is 26.0 Å². The number of nitrogens with zero attached hydrogens (tertiary/aromatic N) is 1. The molecule has 1 atom stereocenters. The molecule has 0 saturated carbocycles. The molecule has 2 nitrogen and oxygen atoms in total. The Hall–Kier alpha value is -0.920. The molecule has 0 aliphatic heterocycles. The second-order valence-corrected chi connectivity index (χ2v) is 4.36. The van der Waals surface area contributed by atoms with Crippen LogP contribution in [0.1, 0.15) is 20.8 Å². The van der Waals surface area contributed by atoms with Crippen molar-refractivity contribution in [3.05, 3.63) is 24.6 Å². The Kier molecular flexibility index (Phi) is 2.18. The van der Waals surface area contributed by atoms with Crippen molar-refractivity contribution in [1.29, 1.82) is 0 Å². The fraction of sp³-hybridized carbons (Fsp3) is 0.636. The van der Waals surface area contributed by atoms with Gasteiger partial charge in [0.25, 0.3) is 0 Å². The van der Waals surface area contributed by atoms with Gasteiger partial charge in [0, 0.05) is 12.5 Å². The maximum Gasteiger partial charge on any atom is 0.181 e. The lowest BCUT2D eigenvalue weighted by molar-refractivity contribution is 0.0376. The standard InChI is InChI=1S/C11H19NO/c1-9(13-6)12(5)11(4)8-7-10(11,2)3/h7-8H,1H2,2-6H3. The summed E-state index contributed by atoms with van der Waals surface area (Å²) in [6, 6.07) is 0. The van der Waals surface area contributed by atoms with E-state index in [0.29, 0.717) is 5.88 Å². The van der Waals surface area contributed by atoms with E-state index in [4.69, 9.17) is 4.74 Å². The topological polar surface area (TPSA) is 12.5 Å². The van der Waals surface area contributed by atoms with Gasteiger partial charge < -0.3 is 9.64 Å². The first kappa shape index (κ1) is 10.2. The smallest absolute Gasteiger partial charge is 0.181 e. The Morgan fingerprint density at radius 1 is 1.31 bits per heavy atom. The lowest BCUT2D eigenvalue weighted by atomic mass is 9.64. The van der Waals surface area contributed by atoms with Crippen molar-refractivity contribution in [3.63, 3.8) is 0 Å². The molecule has 0 N–H and O–H groups in total. The van der Waals surface area contributed by atoms with E-state index in [1.165, 1.54) is 0 Å². The Bertz CT molecular complexity index is 255. The van der Waals surface area contributed by atoms with E-state index in [9.17, 15) is 0 Å². The van der Waals surface area contributed by atoms with Crippen LogP contribution >= 0.6 is 0 Å². The highest BCUT2D eigenvalue weighted by Crippen LogP contribution is 2.46. The lowest BCUT2D eigenvalue weighted by Crippen LogP contribution is -2.56. The molecule has 1 unspecified atom stereocenters. The Morgan fingerprint density at radius 3 is 2.08 bits per heavy atom. The summed E-state index contributed by atoms with van der Waals surface area (Å²) in [5.74, 6) is 0.708. The number of methoxy groups -OCH3 is 1. The predicted molar refractivity (Wildman–Crippen MR) is 55.2 cm³/mol. The normalized spacial score (nSPS) is 29.3. The second kappa shape index (κ2) is 2.79. The van der Waals surface area contributed by atoms with E-state index < -0.39 is 0 Å². The highest BCUT2D eigenvalue weighted by Gasteiger charge is 2.47. The molecular weight excluding hydrogens is 162 g/mol. The number of hydrogen-bond donors (Lipinski definition) is 0. The van der Waals surface area contributed by atoms with Crippen molar-refractivity contribution in [1.82, 2.24) is 4.90 Å². The molecule has 0 spiro atoms. The van der Waals surface area contributed by atoms with Crippen LogP contribution in [0.4, 0.5) is 0 Å². The number of hydrogen-bond acceptors (Lipinski definition) is 2. The van der Waals surface area contributed by atoms with Gasteiger partial charge in [0.2, 0.25) is 0 Å². The van der Waals surface area contributed by atoms with Crippen LogP contribution in [-0.2, 0) is 4.74 Å². The molecule has 0 heterocycles. The summed E-state index contributed by atoms with van der Waals surface area (Å²) in [5, 5.41) is 0. The quantitative estimate of drug-likeness (QED) is 0.489. The Morgan fingerprint density at radius 2 is 1.85 bits per heavy atom. The van der Waals surface area contributed by atoms with E-state index in [1.54, 1.807) is 7.11 Å².